The van der Waals surface area contributed by atoms with Gasteiger partial charge in [-0.3, -0.25) is 0 Å². The summed E-state index contributed by atoms with van der Waals surface area (Å²) in [6.45, 7) is 2.32. The van der Waals surface area contributed by atoms with E-state index in [0.717, 1.165) is 11.3 Å². The second-order valence-corrected chi connectivity index (χ2v) is 5.34. The molecule has 0 saturated heterocycles. The molecule has 2 aromatic rings. The Kier molecular flexibility index (Phi) is 4.53. The van der Waals surface area contributed by atoms with Gasteiger partial charge in [0.2, 0.25) is 0 Å². The van der Waals surface area contributed by atoms with E-state index in [0.29, 0.717) is 17.1 Å². The van der Waals surface area contributed by atoms with Crippen molar-refractivity contribution in [2.75, 3.05) is 11.9 Å². The van der Waals surface area contributed by atoms with Crippen molar-refractivity contribution in [2.24, 2.45) is 0 Å². The van der Waals surface area contributed by atoms with Crippen molar-refractivity contribution in [1.82, 2.24) is 0 Å². The maximum absolute atomic E-state index is 9.91. The fourth-order valence-electron chi connectivity index (χ4n) is 2.12. The summed E-state index contributed by atoms with van der Waals surface area (Å²) >= 11 is 5.97. The Morgan fingerprint density at radius 2 is 1.95 bits per heavy atom. The van der Waals surface area contributed by atoms with Gasteiger partial charge in [-0.05, 0) is 30.7 Å². The van der Waals surface area contributed by atoms with Crippen LogP contribution in [0.3, 0.4) is 0 Å². The Bertz CT molecular complexity index is 599. The van der Waals surface area contributed by atoms with Crippen LogP contribution in [-0.2, 0) is 6.54 Å². The van der Waals surface area contributed by atoms with Gasteiger partial charge in [-0.2, -0.15) is 0 Å². The number of nitrogens with zero attached hydrogens (tertiary/aromatic N) is 1. The highest BCUT2D eigenvalue weighted by Gasteiger charge is 2.10. The summed E-state index contributed by atoms with van der Waals surface area (Å²) < 4.78 is 0. The first-order valence-electron chi connectivity index (χ1n) is 6.44. The van der Waals surface area contributed by atoms with Crippen LogP contribution in [0.1, 0.15) is 24.2 Å². The summed E-state index contributed by atoms with van der Waals surface area (Å²) in [5, 5.41) is 20.1. The third-order valence-corrected chi connectivity index (χ3v) is 3.45. The smallest absolute Gasteiger partial charge is 0.123 e. The molecule has 0 spiro atoms. The second-order valence-electron chi connectivity index (χ2n) is 4.91. The number of phenolic OH excluding ortho intramolecular Hbond substituents is 1. The predicted octanol–water partition coefficient (Wildman–Crippen LogP) is 3.74. The average molecular weight is 292 g/mol. The van der Waals surface area contributed by atoms with Crippen LogP contribution in [0.4, 0.5) is 5.69 Å². The first kappa shape index (κ1) is 14.7. The highest BCUT2D eigenvalue weighted by molar-refractivity contribution is 6.30. The normalized spacial score (nSPS) is 12.2. The van der Waals surface area contributed by atoms with Crippen LogP contribution in [0.5, 0.6) is 5.75 Å². The molecule has 2 rings (SSSR count). The van der Waals surface area contributed by atoms with Gasteiger partial charge in [0, 0.05) is 35.9 Å². The molecular formula is C16H18ClNO2. The molecule has 0 heterocycles. The summed E-state index contributed by atoms with van der Waals surface area (Å²) in [6, 6.07) is 13.0. The first-order chi connectivity index (χ1) is 9.47. The minimum atomic E-state index is -0.678. The molecule has 0 bridgehead atoms. The van der Waals surface area contributed by atoms with E-state index in [4.69, 9.17) is 11.6 Å². The topological polar surface area (TPSA) is 43.7 Å². The van der Waals surface area contributed by atoms with E-state index in [2.05, 4.69) is 0 Å². The zero-order chi connectivity index (χ0) is 14.7. The van der Waals surface area contributed by atoms with E-state index in [-0.39, 0.29) is 5.75 Å². The molecule has 0 aliphatic rings. The van der Waals surface area contributed by atoms with Gasteiger partial charge in [0.25, 0.3) is 0 Å². The third kappa shape index (κ3) is 3.44. The molecule has 0 aliphatic heterocycles. The van der Waals surface area contributed by atoms with E-state index < -0.39 is 6.10 Å². The number of aliphatic hydroxyl groups is 1. The molecule has 0 aromatic heterocycles. The SMILES string of the molecule is CC(O)c1ccc(N(C)Cc2cccc(Cl)c2)cc1O. The van der Waals surface area contributed by atoms with Crippen LogP contribution in [0, 0.1) is 0 Å². The predicted molar refractivity (Wildman–Crippen MR) is 82.3 cm³/mol. The van der Waals surface area contributed by atoms with Crippen molar-refractivity contribution < 1.29 is 10.2 Å². The average Bonchev–Trinajstić information content (AvgIpc) is 2.38. The van der Waals surface area contributed by atoms with Crippen LogP contribution in [0.2, 0.25) is 5.02 Å². The molecule has 3 nitrogen and oxygen atoms in total. The van der Waals surface area contributed by atoms with Crippen molar-refractivity contribution in [3.05, 3.63) is 58.6 Å². The van der Waals surface area contributed by atoms with E-state index in [1.165, 1.54) is 0 Å². The van der Waals surface area contributed by atoms with Crippen molar-refractivity contribution >= 4 is 17.3 Å². The molecule has 106 valence electrons. The third-order valence-electron chi connectivity index (χ3n) is 3.21. The maximum Gasteiger partial charge on any atom is 0.123 e. The summed E-state index contributed by atoms with van der Waals surface area (Å²) in [7, 11) is 1.94. The van der Waals surface area contributed by atoms with E-state index >= 15 is 0 Å². The summed E-state index contributed by atoms with van der Waals surface area (Å²) in [4.78, 5) is 2.01. The molecule has 1 atom stereocenters. The molecular weight excluding hydrogens is 274 g/mol. The number of hydrogen-bond donors (Lipinski definition) is 2. The minimum absolute atomic E-state index is 0.107. The zero-order valence-electron chi connectivity index (χ0n) is 11.5. The second kappa shape index (κ2) is 6.16. The molecule has 2 aromatic carbocycles. The summed E-state index contributed by atoms with van der Waals surface area (Å²) in [5.74, 6) is 0.107. The highest BCUT2D eigenvalue weighted by Crippen LogP contribution is 2.29. The van der Waals surface area contributed by atoms with Crippen molar-refractivity contribution in [3.63, 3.8) is 0 Å². The highest BCUT2D eigenvalue weighted by atomic mass is 35.5. The number of phenols is 1. The Balaban J connectivity index is 2.17. The van der Waals surface area contributed by atoms with Gasteiger partial charge < -0.3 is 15.1 Å². The van der Waals surface area contributed by atoms with Crippen molar-refractivity contribution in [1.29, 1.82) is 0 Å². The van der Waals surface area contributed by atoms with Crippen LogP contribution >= 0.6 is 11.6 Å². The van der Waals surface area contributed by atoms with Crippen LogP contribution < -0.4 is 4.90 Å². The van der Waals surface area contributed by atoms with E-state index in [1.807, 2.05) is 42.3 Å². The van der Waals surface area contributed by atoms with Crippen LogP contribution in [0.15, 0.2) is 42.5 Å². The molecule has 0 radical (unpaired) electrons. The number of halogens is 1. The number of aromatic hydroxyl groups is 1. The standard InChI is InChI=1S/C16H18ClNO2/c1-11(19)15-7-6-14(9-16(15)20)18(2)10-12-4-3-5-13(17)8-12/h3-9,11,19-20H,10H2,1-2H3. The molecule has 4 heteroatoms. The monoisotopic (exact) mass is 291 g/mol. The molecule has 20 heavy (non-hydrogen) atoms. The Hall–Kier alpha value is -1.71. The van der Waals surface area contributed by atoms with Gasteiger partial charge in [0.1, 0.15) is 5.75 Å². The number of aliphatic hydroxyl groups excluding tert-OH is 1. The van der Waals surface area contributed by atoms with Gasteiger partial charge >= 0.3 is 0 Å². The molecule has 0 amide bonds. The zero-order valence-corrected chi connectivity index (χ0v) is 12.3. The van der Waals surface area contributed by atoms with Gasteiger partial charge in [-0.1, -0.05) is 29.8 Å². The van der Waals surface area contributed by atoms with Gasteiger partial charge in [-0.15, -0.1) is 0 Å². The number of anilines is 1. The Morgan fingerprint density at radius 3 is 2.55 bits per heavy atom. The lowest BCUT2D eigenvalue weighted by Gasteiger charge is -2.21. The van der Waals surface area contributed by atoms with E-state index in [9.17, 15) is 10.2 Å². The molecule has 0 fully saturated rings. The lowest BCUT2D eigenvalue weighted by atomic mass is 10.1. The van der Waals surface area contributed by atoms with Crippen molar-refractivity contribution in [3.8, 4) is 5.75 Å². The van der Waals surface area contributed by atoms with E-state index in [1.54, 1.807) is 19.1 Å². The van der Waals surface area contributed by atoms with Crippen LogP contribution in [0.25, 0.3) is 0 Å². The minimum Gasteiger partial charge on any atom is -0.507 e. The number of benzene rings is 2. The maximum atomic E-state index is 9.91. The number of hydrogen-bond acceptors (Lipinski definition) is 3. The fraction of sp³-hybridized carbons (Fsp3) is 0.250. The largest absolute Gasteiger partial charge is 0.507 e. The molecule has 1 unspecified atom stereocenters. The summed E-state index contributed by atoms with van der Waals surface area (Å²) in [5.41, 5.74) is 2.51. The van der Waals surface area contributed by atoms with Gasteiger partial charge in [-0.25, -0.2) is 0 Å². The van der Waals surface area contributed by atoms with Gasteiger partial charge in [0.05, 0.1) is 6.10 Å². The van der Waals surface area contributed by atoms with Crippen molar-refractivity contribution in [2.45, 2.75) is 19.6 Å². The first-order valence-corrected chi connectivity index (χ1v) is 6.81. The lowest BCUT2D eigenvalue weighted by molar-refractivity contribution is 0.195. The fourth-order valence-corrected chi connectivity index (χ4v) is 2.34. The van der Waals surface area contributed by atoms with Crippen LogP contribution in [-0.4, -0.2) is 17.3 Å². The molecule has 0 aliphatic carbocycles. The Labute approximate surface area is 124 Å². The quantitative estimate of drug-likeness (QED) is 0.902. The number of rotatable bonds is 4. The Morgan fingerprint density at radius 1 is 1.20 bits per heavy atom. The molecule has 2 N–H and O–H groups in total. The van der Waals surface area contributed by atoms with Gasteiger partial charge in [0.15, 0.2) is 0 Å². The lowest BCUT2D eigenvalue weighted by Crippen LogP contribution is -2.16. The summed E-state index contributed by atoms with van der Waals surface area (Å²) in [6.07, 6.45) is -0.678. The molecule has 0 saturated carbocycles.